The second kappa shape index (κ2) is 8.38. The average Bonchev–Trinajstić information content (AvgIpc) is 2.71. The van der Waals surface area contributed by atoms with E-state index >= 15 is 0 Å². The molecule has 1 saturated carbocycles. The van der Waals surface area contributed by atoms with E-state index in [1.165, 1.54) is 71.1 Å². The van der Waals surface area contributed by atoms with Gasteiger partial charge in [0.05, 0.1) is 0 Å². The maximum Gasteiger partial charge on any atom is 0.00672 e. The summed E-state index contributed by atoms with van der Waals surface area (Å²) < 4.78 is 0. The Morgan fingerprint density at radius 2 is 1.75 bits per heavy atom. The molecule has 2 aliphatic rings. The minimum absolute atomic E-state index is 0.808. The van der Waals surface area contributed by atoms with Crippen LogP contribution in [0.25, 0.3) is 0 Å². The zero-order chi connectivity index (χ0) is 14.4. The number of hydrogen-bond donors (Lipinski definition) is 1. The summed E-state index contributed by atoms with van der Waals surface area (Å²) in [7, 11) is 0. The zero-order valence-electron chi connectivity index (χ0n) is 14.0. The van der Waals surface area contributed by atoms with Crippen molar-refractivity contribution in [3.63, 3.8) is 0 Å². The van der Waals surface area contributed by atoms with Gasteiger partial charge in [0.1, 0.15) is 0 Å². The van der Waals surface area contributed by atoms with Crippen LogP contribution in [0, 0.1) is 17.8 Å². The summed E-state index contributed by atoms with van der Waals surface area (Å²) in [5.74, 6) is 2.80. The standard InChI is InChI=1S/C18H36N2/c1-4-20-12-10-16(11-13-20)14-19-18-7-5-6-17(8-9-18)15(2)3/h15-19H,4-14H2,1-3H3. The summed E-state index contributed by atoms with van der Waals surface area (Å²) in [5.41, 5.74) is 0. The molecular weight excluding hydrogens is 244 g/mol. The molecule has 0 spiro atoms. The highest BCUT2D eigenvalue weighted by Crippen LogP contribution is 2.29. The smallest absolute Gasteiger partial charge is 0.00672 e. The van der Waals surface area contributed by atoms with Gasteiger partial charge in [-0.3, -0.25) is 0 Å². The van der Waals surface area contributed by atoms with Gasteiger partial charge in [-0.1, -0.05) is 33.6 Å². The Kier molecular flexibility index (Phi) is 6.83. The van der Waals surface area contributed by atoms with Gasteiger partial charge in [0.15, 0.2) is 0 Å². The Bertz CT molecular complexity index is 256. The second-order valence-corrected chi connectivity index (χ2v) is 7.50. The van der Waals surface area contributed by atoms with Crippen molar-refractivity contribution in [1.82, 2.24) is 10.2 Å². The predicted octanol–water partition coefficient (Wildman–Crippen LogP) is 3.91. The summed E-state index contributed by atoms with van der Waals surface area (Å²) >= 11 is 0. The van der Waals surface area contributed by atoms with Crippen LogP contribution in [0.15, 0.2) is 0 Å². The van der Waals surface area contributed by atoms with Gasteiger partial charge in [-0.15, -0.1) is 0 Å². The fraction of sp³-hybridized carbons (Fsp3) is 1.00. The fourth-order valence-electron chi connectivity index (χ4n) is 4.04. The van der Waals surface area contributed by atoms with E-state index < -0.39 is 0 Å². The van der Waals surface area contributed by atoms with Crippen LogP contribution in [0.3, 0.4) is 0 Å². The molecule has 1 heterocycles. The number of rotatable bonds is 5. The first kappa shape index (κ1) is 16.3. The molecule has 2 nitrogen and oxygen atoms in total. The lowest BCUT2D eigenvalue weighted by Gasteiger charge is -2.32. The lowest BCUT2D eigenvalue weighted by molar-refractivity contribution is 0.186. The molecular formula is C18H36N2. The third-order valence-corrected chi connectivity index (χ3v) is 5.81. The molecule has 1 aliphatic heterocycles. The van der Waals surface area contributed by atoms with Crippen molar-refractivity contribution in [2.75, 3.05) is 26.2 Å². The van der Waals surface area contributed by atoms with E-state index in [9.17, 15) is 0 Å². The highest BCUT2D eigenvalue weighted by atomic mass is 15.1. The van der Waals surface area contributed by atoms with Gasteiger partial charge >= 0.3 is 0 Å². The molecule has 1 aliphatic carbocycles. The Morgan fingerprint density at radius 3 is 2.40 bits per heavy atom. The van der Waals surface area contributed by atoms with Crippen molar-refractivity contribution in [1.29, 1.82) is 0 Å². The van der Waals surface area contributed by atoms with Crippen LogP contribution in [0.2, 0.25) is 0 Å². The summed E-state index contributed by atoms with van der Waals surface area (Å²) in [6, 6.07) is 0.808. The van der Waals surface area contributed by atoms with Gasteiger partial charge in [0.2, 0.25) is 0 Å². The topological polar surface area (TPSA) is 15.3 Å². The molecule has 0 amide bonds. The summed E-state index contributed by atoms with van der Waals surface area (Å²) in [6.45, 7) is 12.2. The number of nitrogens with zero attached hydrogens (tertiary/aromatic N) is 1. The van der Waals surface area contributed by atoms with E-state index in [-0.39, 0.29) is 0 Å². The Hall–Kier alpha value is -0.0800. The lowest BCUT2D eigenvalue weighted by atomic mass is 9.89. The first-order valence-electron chi connectivity index (χ1n) is 9.14. The highest BCUT2D eigenvalue weighted by molar-refractivity contribution is 4.79. The van der Waals surface area contributed by atoms with Crippen LogP contribution in [0.5, 0.6) is 0 Å². The molecule has 0 radical (unpaired) electrons. The Labute approximate surface area is 126 Å². The molecule has 20 heavy (non-hydrogen) atoms. The molecule has 118 valence electrons. The molecule has 2 atom stereocenters. The molecule has 0 bridgehead atoms. The monoisotopic (exact) mass is 280 g/mol. The van der Waals surface area contributed by atoms with E-state index in [0.717, 1.165) is 23.8 Å². The minimum atomic E-state index is 0.808. The minimum Gasteiger partial charge on any atom is -0.314 e. The maximum atomic E-state index is 3.91. The lowest BCUT2D eigenvalue weighted by Crippen LogP contribution is -2.39. The largest absolute Gasteiger partial charge is 0.314 e. The van der Waals surface area contributed by atoms with Crippen LogP contribution in [0.1, 0.15) is 65.7 Å². The summed E-state index contributed by atoms with van der Waals surface area (Å²) in [4.78, 5) is 2.59. The molecule has 0 aromatic heterocycles. The van der Waals surface area contributed by atoms with Crippen LogP contribution >= 0.6 is 0 Å². The normalized spacial score (nSPS) is 30.6. The van der Waals surface area contributed by atoms with E-state index in [1.807, 2.05) is 0 Å². The van der Waals surface area contributed by atoms with Gasteiger partial charge in [0, 0.05) is 6.04 Å². The van der Waals surface area contributed by atoms with Gasteiger partial charge < -0.3 is 10.2 Å². The molecule has 1 N–H and O–H groups in total. The maximum absolute atomic E-state index is 3.91. The van der Waals surface area contributed by atoms with Crippen LogP contribution < -0.4 is 5.32 Å². The van der Waals surface area contributed by atoms with Gasteiger partial charge in [-0.25, -0.2) is 0 Å². The number of nitrogens with one attached hydrogen (secondary N) is 1. The van der Waals surface area contributed by atoms with E-state index in [2.05, 4.69) is 31.0 Å². The van der Waals surface area contributed by atoms with Gasteiger partial charge in [-0.05, 0) is 76.0 Å². The van der Waals surface area contributed by atoms with Crippen molar-refractivity contribution in [2.24, 2.45) is 17.8 Å². The van der Waals surface area contributed by atoms with Crippen molar-refractivity contribution in [2.45, 2.75) is 71.8 Å². The molecule has 2 heteroatoms. The van der Waals surface area contributed by atoms with Gasteiger partial charge in [-0.2, -0.15) is 0 Å². The van der Waals surface area contributed by atoms with E-state index in [4.69, 9.17) is 0 Å². The number of likely N-dealkylation sites (tertiary alicyclic amines) is 1. The molecule has 2 rings (SSSR count). The third kappa shape index (κ3) is 5.04. The first-order chi connectivity index (χ1) is 9.69. The van der Waals surface area contributed by atoms with Crippen molar-refractivity contribution < 1.29 is 0 Å². The SMILES string of the molecule is CCN1CCC(CNC2CCCC(C(C)C)CC2)CC1. The van der Waals surface area contributed by atoms with Crippen molar-refractivity contribution >= 4 is 0 Å². The van der Waals surface area contributed by atoms with Crippen molar-refractivity contribution in [3.8, 4) is 0 Å². The Morgan fingerprint density at radius 1 is 1.00 bits per heavy atom. The zero-order valence-corrected chi connectivity index (χ0v) is 14.0. The predicted molar refractivity (Wildman–Crippen MR) is 88.0 cm³/mol. The van der Waals surface area contributed by atoms with Crippen LogP contribution in [-0.4, -0.2) is 37.1 Å². The van der Waals surface area contributed by atoms with E-state index in [0.29, 0.717) is 0 Å². The fourth-order valence-corrected chi connectivity index (χ4v) is 4.04. The number of hydrogen-bond acceptors (Lipinski definition) is 2. The van der Waals surface area contributed by atoms with Crippen LogP contribution in [0.4, 0.5) is 0 Å². The molecule has 0 aromatic carbocycles. The molecule has 0 aromatic rings. The summed E-state index contributed by atoms with van der Waals surface area (Å²) in [6.07, 6.45) is 9.99. The average molecular weight is 280 g/mol. The second-order valence-electron chi connectivity index (χ2n) is 7.50. The van der Waals surface area contributed by atoms with E-state index in [1.54, 1.807) is 0 Å². The summed E-state index contributed by atoms with van der Waals surface area (Å²) in [5, 5.41) is 3.91. The Balaban J connectivity index is 1.64. The molecule has 2 fully saturated rings. The first-order valence-corrected chi connectivity index (χ1v) is 9.14. The molecule has 2 unspecified atom stereocenters. The quantitative estimate of drug-likeness (QED) is 0.768. The number of piperidine rings is 1. The van der Waals surface area contributed by atoms with Gasteiger partial charge in [0.25, 0.3) is 0 Å². The molecule has 1 saturated heterocycles. The highest BCUT2D eigenvalue weighted by Gasteiger charge is 2.22. The van der Waals surface area contributed by atoms with Crippen molar-refractivity contribution in [3.05, 3.63) is 0 Å². The van der Waals surface area contributed by atoms with Crippen LogP contribution in [-0.2, 0) is 0 Å². The third-order valence-electron chi connectivity index (χ3n) is 5.81.